The van der Waals surface area contributed by atoms with Crippen molar-refractivity contribution >= 4 is 23.5 Å². The summed E-state index contributed by atoms with van der Waals surface area (Å²) in [6, 6.07) is 7.39. The molecule has 0 bridgehead atoms. The number of carbonyl (C=O) groups is 3. The zero-order valence-corrected chi connectivity index (χ0v) is 17.4. The van der Waals surface area contributed by atoms with Crippen molar-refractivity contribution in [1.29, 1.82) is 0 Å². The lowest BCUT2D eigenvalue weighted by Crippen LogP contribution is -2.59. The van der Waals surface area contributed by atoms with E-state index in [2.05, 4.69) is 5.32 Å². The van der Waals surface area contributed by atoms with Crippen molar-refractivity contribution < 1.29 is 19.1 Å². The Labute approximate surface area is 166 Å². The Kier molecular flexibility index (Phi) is 5.23. The number of likely N-dealkylation sites (tertiary alicyclic amines) is 1. The molecule has 2 aliphatic rings. The third-order valence-corrected chi connectivity index (χ3v) is 6.11. The van der Waals surface area contributed by atoms with E-state index >= 15 is 0 Å². The zero-order valence-electron chi connectivity index (χ0n) is 17.4. The lowest BCUT2D eigenvalue weighted by atomic mass is 9.73. The number of benzene rings is 1. The molecule has 7 heteroatoms. The van der Waals surface area contributed by atoms with Gasteiger partial charge in [-0.15, -0.1) is 0 Å². The Morgan fingerprint density at radius 1 is 1.21 bits per heavy atom. The number of anilines is 1. The second-order valence-electron chi connectivity index (χ2n) is 8.09. The number of esters is 1. The van der Waals surface area contributed by atoms with Gasteiger partial charge in [0, 0.05) is 32.9 Å². The fourth-order valence-corrected chi connectivity index (χ4v) is 4.56. The van der Waals surface area contributed by atoms with Crippen LogP contribution in [-0.4, -0.2) is 56.0 Å². The molecule has 0 aromatic heterocycles. The molecule has 2 amide bonds. The summed E-state index contributed by atoms with van der Waals surface area (Å²) in [7, 11) is 5.40. The highest BCUT2D eigenvalue weighted by atomic mass is 16.5. The zero-order chi connectivity index (χ0) is 20.8. The van der Waals surface area contributed by atoms with Gasteiger partial charge in [0.05, 0.1) is 18.4 Å². The molecule has 2 fully saturated rings. The van der Waals surface area contributed by atoms with Crippen LogP contribution in [0, 0.1) is 17.8 Å². The summed E-state index contributed by atoms with van der Waals surface area (Å²) in [5.74, 6) is -2.68. The molecular formula is C21H29N3O4. The fourth-order valence-electron chi connectivity index (χ4n) is 4.56. The van der Waals surface area contributed by atoms with Gasteiger partial charge in [0.2, 0.25) is 11.8 Å². The first-order chi connectivity index (χ1) is 13.2. The average Bonchev–Trinajstić information content (AvgIpc) is 3.13. The van der Waals surface area contributed by atoms with Crippen LogP contribution in [0.15, 0.2) is 24.3 Å². The van der Waals surface area contributed by atoms with Crippen LogP contribution in [-0.2, 0) is 19.1 Å². The van der Waals surface area contributed by atoms with E-state index in [0.29, 0.717) is 0 Å². The van der Waals surface area contributed by atoms with Crippen molar-refractivity contribution in [3.63, 3.8) is 0 Å². The molecule has 0 unspecified atom stereocenters. The lowest BCUT2D eigenvalue weighted by molar-refractivity contribution is -0.158. The Hall–Kier alpha value is -2.41. The number of hydrogen-bond donors (Lipinski definition) is 1. The SMILES string of the molecule is CCOC(=O)[C@@]1(C(C)C)N[C@@H](c2ccc(N(C)C)cc2)[C@H]2C(=O)N(C)C(=O)[C@@H]21. The molecular weight excluding hydrogens is 358 g/mol. The monoisotopic (exact) mass is 387 g/mol. The smallest absolute Gasteiger partial charge is 0.327 e. The molecule has 1 aromatic rings. The summed E-state index contributed by atoms with van der Waals surface area (Å²) in [4.78, 5) is 42.2. The van der Waals surface area contributed by atoms with Gasteiger partial charge in [0.1, 0.15) is 5.54 Å². The van der Waals surface area contributed by atoms with Crippen LogP contribution in [0.1, 0.15) is 32.4 Å². The summed E-state index contributed by atoms with van der Waals surface area (Å²) in [5.41, 5.74) is 0.678. The largest absolute Gasteiger partial charge is 0.465 e. The highest BCUT2D eigenvalue weighted by molar-refractivity contribution is 6.09. The maximum absolute atomic E-state index is 13.1. The normalized spacial score (nSPS) is 29.4. The Balaban J connectivity index is 2.11. The van der Waals surface area contributed by atoms with E-state index in [1.165, 1.54) is 7.05 Å². The molecule has 4 atom stereocenters. The molecule has 2 saturated heterocycles. The van der Waals surface area contributed by atoms with Gasteiger partial charge in [0.25, 0.3) is 0 Å². The summed E-state index contributed by atoms with van der Waals surface area (Å²) in [6.07, 6.45) is 0. The predicted octanol–water partition coefficient (Wildman–Crippen LogP) is 1.59. The molecule has 1 aromatic carbocycles. The van der Waals surface area contributed by atoms with E-state index in [0.717, 1.165) is 16.2 Å². The molecule has 7 nitrogen and oxygen atoms in total. The van der Waals surface area contributed by atoms with Crippen molar-refractivity contribution in [2.45, 2.75) is 32.4 Å². The number of hydrogen-bond acceptors (Lipinski definition) is 6. The van der Waals surface area contributed by atoms with E-state index in [1.54, 1.807) is 6.92 Å². The number of ether oxygens (including phenoxy) is 1. The molecule has 0 aliphatic carbocycles. The molecule has 0 spiro atoms. The van der Waals surface area contributed by atoms with Gasteiger partial charge >= 0.3 is 5.97 Å². The second kappa shape index (κ2) is 7.20. The van der Waals surface area contributed by atoms with Crippen molar-refractivity contribution in [3.8, 4) is 0 Å². The van der Waals surface area contributed by atoms with Crippen LogP contribution in [0.2, 0.25) is 0 Å². The first-order valence-corrected chi connectivity index (χ1v) is 9.70. The van der Waals surface area contributed by atoms with Crippen molar-refractivity contribution in [1.82, 2.24) is 10.2 Å². The quantitative estimate of drug-likeness (QED) is 0.611. The number of rotatable bonds is 5. The topological polar surface area (TPSA) is 79.0 Å². The molecule has 2 aliphatic heterocycles. The molecule has 28 heavy (non-hydrogen) atoms. The molecule has 1 N–H and O–H groups in total. The molecule has 3 rings (SSSR count). The van der Waals surface area contributed by atoms with Gasteiger partial charge in [-0.1, -0.05) is 26.0 Å². The number of nitrogens with one attached hydrogen (secondary N) is 1. The molecule has 0 radical (unpaired) electrons. The Bertz CT molecular complexity index is 789. The predicted molar refractivity (Wildman–Crippen MR) is 106 cm³/mol. The number of imide groups is 1. The number of amides is 2. The minimum Gasteiger partial charge on any atom is -0.465 e. The van der Waals surface area contributed by atoms with Gasteiger partial charge in [-0.3, -0.25) is 24.6 Å². The van der Waals surface area contributed by atoms with Gasteiger partial charge in [0.15, 0.2) is 0 Å². The van der Waals surface area contributed by atoms with Crippen molar-refractivity contribution in [2.24, 2.45) is 17.8 Å². The second-order valence-corrected chi connectivity index (χ2v) is 8.09. The van der Waals surface area contributed by atoms with Gasteiger partial charge in [-0.05, 0) is 30.5 Å². The number of nitrogens with zero attached hydrogens (tertiary/aromatic N) is 2. The van der Waals surface area contributed by atoms with Crippen LogP contribution < -0.4 is 10.2 Å². The number of carbonyl (C=O) groups excluding carboxylic acids is 3. The van der Waals surface area contributed by atoms with E-state index in [-0.39, 0.29) is 24.3 Å². The molecule has 2 heterocycles. The summed E-state index contributed by atoms with van der Waals surface area (Å²) >= 11 is 0. The minimum atomic E-state index is -1.23. The van der Waals surface area contributed by atoms with Gasteiger partial charge < -0.3 is 9.64 Å². The standard InChI is InChI=1S/C21H29N3O4/c1-7-28-20(27)21(12(2)3)16-15(18(25)24(6)19(16)26)17(22-21)13-8-10-14(11-9-13)23(4)5/h8-12,15-17,22H,7H2,1-6H3/t15-,16+,17-,21-/m0/s1. The highest BCUT2D eigenvalue weighted by Crippen LogP contribution is 2.51. The van der Waals surface area contributed by atoms with E-state index in [1.807, 2.05) is 57.1 Å². The Morgan fingerprint density at radius 2 is 1.82 bits per heavy atom. The van der Waals surface area contributed by atoms with Crippen molar-refractivity contribution in [3.05, 3.63) is 29.8 Å². The van der Waals surface area contributed by atoms with E-state index < -0.39 is 29.4 Å². The van der Waals surface area contributed by atoms with E-state index in [9.17, 15) is 14.4 Å². The minimum absolute atomic E-state index is 0.215. The summed E-state index contributed by atoms with van der Waals surface area (Å²) in [6.45, 7) is 5.72. The number of fused-ring (bicyclic) bond motifs is 1. The Morgan fingerprint density at radius 3 is 2.32 bits per heavy atom. The van der Waals surface area contributed by atoms with Crippen LogP contribution in [0.4, 0.5) is 5.69 Å². The third kappa shape index (κ3) is 2.80. The fraction of sp³-hybridized carbons (Fsp3) is 0.571. The summed E-state index contributed by atoms with van der Waals surface area (Å²) < 4.78 is 5.36. The van der Waals surface area contributed by atoms with Crippen LogP contribution in [0.5, 0.6) is 0 Å². The average molecular weight is 387 g/mol. The first kappa shape index (κ1) is 20.3. The van der Waals surface area contributed by atoms with Gasteiger partial charge in [-0.2, -0.15) is 0 Å². The summed E-state index contributed by atoms with van der Waals surface area (Å²) in [5, 5.41) is 3.38. The highest BCUT2D eigenvalue weighted by Gasteiger charge is 2.69. The van der Waals surface area contributed by atoms with Crippen LogP contribution in [0.25, 0.3) is 0 Å². The van der Waals surface area contributed by atoms with Crippen LogP contribution >= 0.6 is 0 Å². The first-order valence-electron chi connectivity index (χ1n) is 9.70. The molecule has 152 valence electrons. The molecule has 0 saturated carbocycles. The van der Waals surface area contributed by atoms with Crippen molar-refractivity contribution in [2.75, 3.05) is 32.6 Å². The third-order valence-electron chi connectivity index (χ3n) is 6.11. The maximum Gasteiger partial charge on any atom is 0.327 e. The van der Waals surface area contributed by atoms with Gasteiger partial charge in [-0.25, -0.2) is 0 Å². The maximum atomic E-state index is 13.1. The van der Waals surface area contributed by atoms with Crippen LogP contribution in [0.3, 0.4) is 0 Å². The van der Waals surface area contributed by atoms with E-state index in [4.69, 9.17) is 4.74 Å². The lowest BCUT2D eigenvalue weighted by Gasteiger charge is -2.36.